The number of fused-ring (bicyclic) bond motifs is 4. The lowest BCUT2D eigenvalue weighted by molar-refractivity contribution is -0.182. The molecule has 1 aromatic rings. The molecule has 7 unspecified atom stereocenters. The summed E-state index contributed by atoms with van der Waals surface area (Å²) >= 11 is 0. The van der Waals surface area contributed by atoms with Gasteiger partial charge in [-0.2, -0.15) is 0 Å². The second kappa shape index (κ2) is 6.47. The number of nitrogens with zero attached hydrogens (tertiary/aromatic N) is 2. The quantitative estimate of drug-likeness (QED) is 0.606. The molecule has 0 aromatic carbocycles. The van der Waals surface area contributed by atoms with E-state index in [4.69, 9.17) is 9.15 Å². The summed E-state index contributed by atoms with van der Waals surface area (Å²) in [5, 5.41) is 31.1. The number of aromatic nitrogens is 2. The van der Waals surface area contributed by atoms with Crippen LogP contribution in [0.15, 0.2) is 10.8 Å². The van der Waals surface area contributed by atoms with Gasteiger partial charge in [0.25, 0.3) is 0 Å². The standard InChI is InChI=1S/C28H42N2O4/c1-15-12-16(23-30-29-14-33-23)34-21-20(15)25(4)10-11-28-13-27(28)9-8-19(31)24(2,3)17(27)6-7-18(28)26(25,5)22(21)32/h14-22,31-32H,6-13H2,1-5H3/t15-,16?,17+,18?,19?,20+,21?,22+,25?,26-,27?,28?/m1/s1. The van der Waals surface area contributed by atoms with Crippen molar-refractivity contribution in [3.8, 4) is 0 Å². The first-order valence-corrected chi connectivity index (χ1v) is 13.8. The van der Waals surface area contributed by atoms with E-state index < -0.39 is 6.10 Å². The predicted octanol–water partition coefficient (Wildman–Crippen LogP) is 4.92. The lowest BCUT2D eigenvalue weighted by Gasteiger charge is -2.63. The summed E-state index contributed by atoms with van der Waals surface area (Å²) in [7, 11) is 0. The van der Waals surface area contributed by atoms with Gasteiger partial charge in [0.15, 0.2) is 0 Å². The molecule has 5 saturated carbocycles. The van der Waals surface area contributed by atoms with Crippen molar-refractivity contribution < 1.29 is 19.4 Å². The molecule has 0 radical (unpaired) electrons. The van der Waals surface area contributed by atoms with Gasteiger partial charge in [-0.1, -0.05) is 34.6 Å². The van der Waals surface area contributed by atoms with Crippen LogP contribution >= 0.6 is 0 Å². The van der Waals surface area contributed by atoms with Gasteiger partial charge >= 0.3 is 0 Å². The third kappa shape index (κ3) is 2.23. The van der Waals surface area contributed by atoms with Gasteiger partial charge in [0, 0.05) is 5.41 Å². The normalized spacial score (nSPS) is 59.3. The second-order valence-electron chi connectivity index (χ2n) is 14.3. The van der Waals surface area contributed by atoms with Crippen molar-refractivity contribution in [2.45, 2.75) is 110 Å². The number of aliphatic hydroxyl groups excluding tert-OH is 2. The van der Waals surface area contributed by atoms with Crippen LogP contribution in [-0.2, 0) is 4.74 Å². The van der Waals surface area contributed by atoms with Crippen molar-refractivity contribution in [3.63, 3.8) is 0 Å². The van der Waals surface area contributed by atoms with Crippen LogP contribution in [0.2, 0.25) is 0 Å². The van der Waals surface area contributed by atoms with Crippen molar-refractivity contribution in [2.24, 2.45) is 50.7 Å². The molecule has 34 heavy (non-hydrogen) atoms. The Hall–Kier alpha value is -0.980. The van der Waals surface area contributed by atoms with Crippen molar-refractivity contribution in [1.29, 1.82) is 0 Å². The Morgan fingerprint density at radius 1 is 0.971 bits per heavy atom. The molecule has 2 heterocycles. The fourth-order valence-electron chi connectivity index (χ4n) is 11.8. The van der Waals surface area contributed by atoms with Crippen LogP contribution in [-0.4, -0.2) is 38.7 Å². The first-order valence-electron chi connectivity index (χ1n) is 13.8. The van der Waals surface area contributed by atoms with Crippen LogP contribution in [0, 0.1) is 50.7 Å². The average molecular weight is 471 g/mol. The zero-order chi connectivity index (χ0) is 23.9. The fourth-order valence-corrected chi connectivity index (χ4v) is 11.8. The zero-order valence-corrected chi connectivity index (χ0v) is 21.5. The van der Waals surface area contributed by atoms with Gasteiger partial charge in [0.2, 0.25) is 12.3 Å². The van der Waals surface area contributed by atoms with Crippen LogP contribution < -0.4 is 0 Å². The summed E-state index contributed by atoms with van der Waals surface area (Å²) in [5.41, 5.74) is 0.603. The summed E-state index contributed by atoms with van der Waals surface area (Å²) in [6.45, 7) is 11.9. The lowest BCUT2D eigenvalue weighted by Crippen LogP contribution is -2.59. The first-order chi connectivity index (χ1) is 16.0. The third-order valence-electron chi connectivity index (χ3n) is 13.4. The van der Waals surface area contributed by atoms with E-state index in [1.54, 1.807) is 0 Å². The van der Waals surface area contributed by atoms with E-state index in [1.807, 2.05) is 0 Å². The van der Waals surface area contributed by atoms with Crippen LogP contribution in [0.5, 0.6) is 0 Å². The Kier molecular flexibility index (Phi) is 4.23. The van der Waals surface area contributed by atoms with E-state index in [2.05, 4.69) is 44.8 Å². The monoisotopic (exact) mass is 470 g/mol. The average Bonchev–Trinajstić information content (AvgIpc) is 3.07. The van der Waals surface area contributed by atoms with Gasteiger partial charge < -0.3 is 19.4 Å². The highest BCUT2D eigenvalue weighted by atomic mass is 16.5. The zero-order valence-electron chi connectivity index (χ0n) is 21.5. The minimum Gasteiger partial charge on any atom is -0.425 e. The maximum absolute atomic E-state index is 12.2. The number of rotatable bonds is 1. The largest absolute Gasteiger partial charge is 0.425 e. The van der Waals surface area contributed by atoms with Crippen LogP contribution in [0.1, 0.15) is 98.0 Å². The molecule has 188 valence electrons. The summed E-state index contributed by atoms with van der Waals surface area (Å²) in [5.74, 6) is 2.45. The number of hydrogen-bond acceptors (Lipinski definition) is 6. The molecule has 0 bridgehead atoms. The van der Waals surface area contributed by atoms with E-state index in [0.29, 0.717) is 40.4 Å². The highest BCUT2D eigenvalue weighted by Crippen LogP contribution is 2.89. The molecule has 12 atom stereocenters. The Morgan fingerprint density at radius 3 is 2.44 bits per heavy atom. The third-order valence-corrected chi connectivity index (χ3v) is 13.4. The van der Waals surface area contributed by atoms with Crippen LogP contribution in [0.25, 0.3) is 0 Å². The summed E-state index contributed by atoms with van der Waals surface area (Å²) in [4.78, 5) is 0. The maximum atomic E-state index is 12.2. The van der Waals surface area contributed by atoms with Crippen molar-refractivity contribution in [1.82, 2.24) is 10.2 Å². The first kappa shape index (κ1) is 22.2. The molecule has 6 heteroatoms. The molecule has 5 aliphatic carbocycles. The molecule has 6 nitrogen and oxygen atoms in total. The van der Waals surface area contributed by atoms with Crippen molar-refractivity contribution in [3.05, 3.63) is 12.3 Å². The highest BCUT2D eigenvalue weighted by molar-refractivity contribution is 5.32. The molecule has 2 spiro atoms. The summed E-state index contributed by atoms with van der Waals surface area (Å²) < 4.78 is 12.2. The molecule has 6 aliphatic rings. The Balaban J connectivity index is 1.27. The van der Waals surface area contributed by atoms with Crippen molar-refractivity contribution >= 4 is 0 Å². The second-order valence-corrected chi connectivity index (χ2v) is 14.3. The molecular weight excluding hydrogens is 428 g/mol. The molecule has 2 N–H and O–H groups in total. The van der Waals surface area contributed by atoms with E-state index >= 15 is 0 Å². The van der Waals surface area contributed by atoms with Crippen LogP contribution in [0.3, 0.4) is 0 Å². The number of ether oxygens (including phenoxy) is 1. The Labute approximate surface area is 203 Å². The summed E-state index contributed by atoms with van der Waals surface area (Å²) in [6.07, 6.45) is 9.41. The molecule has 1 aliphatic heterocycles. The highest BCUT2D eigenvalue weighted by Gasteiger charge is 2.84. The smallest absolute Gasteiger partial charge is 0.244 e. The van der Waals surface area contributed by atoms with E-state index in [1.165, 1.54) is 44.9 Å². The van der Waals surface area contributed by atoms with Gasteiger partial charge in [-0.25, -0.2) is 0 Å². The van der Waals surface area contributed by atoms with Crippen LogP contribution in [0.4, 0.5) is 0 Å². The maximum Gasteiger partial charge on any atom is 0.244 e. The minimum atomic E-state index is -0.478. The lowest BCUT2D eigenvalue weighted by atomic mass is 9.41. The molecule has 1 saturated heterocycles. The molecular formula is C28H42N2O4. The molecule has 6 fully saturated rings. The van der Waals surface area contributed by atoms with E-state index in [-0.39, 0.29) is 34.6 Å². The predicted molar refractivity (Wildman–Crippen MR) is 125 cm³/mol. The van der Waals surface area contributed by atoms with Gasteiger partial charge in [0.05, 0.1) is 18.3 Å². The molecule has 7 rings (SSSR count). The topological polar surface area (TPSA) is 88.6 Å². The van der Waals surface area contributed by atoms with Gasteiger partial charge in [-0.15, -0.1) is 10.2 Å². The number of hydrogen-bond donors (Lipinski definition) is 2. The fraction of sp³-hybridized carbons (Fsp3) is 0.929. The van der Waals surface area contributed by atoms with Gasteiger partial charge in [0.1, 0.15) is 6.10 Å². The van der Waals surface area contributed by atoms with E-state index in [0.717, 1.165) is 12.8 Å². The van der Waals surface area contributed by atoms with Crippen molar-refractivity contribution in [2.75, 3.05) is 0 Å². The molecule has 0 amide bonds. The van der Waals surface area contributed by atoms with E-state index in [9.17, 15) is 10.2 Å². The SMILES string of the molecule is C[C@@H]1CC(c2nnco2)OC2[C@H]1C1(C)CCC34CC35CCC(O)C(C)(C)[C@@H]5CCC4[C@]1(C)[C@H]2O. The van der Waals surface area contributed by atoms with Gasteiger partial charge in [-0.3, -0.25) is 0 Å². The Bertz CT molecular complexity index is 997. The van der Waals surface area contributed by atoms with Gasteiger partial charge in [-0.05, 0) is 96.7 Å². The molecule has 1 aromatic heterocycles. The minimum absolute atomic E-state index is 0.00836. The summed E-state index contributed by atoms with van der Waals surface area (Å²) in [6, 6.07) is 0. The Morgan fingerprint density at radius 2 is 1.71 bits per heavy atom. The number of aliphatic hydroxyl groups is 2.